The standard InChI is InChI=1S/C44H26N4O/c1-3-13-27(14-4-1)32-23-24-35(39-40-38(49-41(32)39)26-30-18-8-12-22-37(30)45-40)43-46-42(28-15-5-2-6-16-28)47-44(48-43)36-25-29-17-7-9-19-31(29)33-20-10-11-21-34(33)36/h1-26H. The van der Waals surface area contributed by atoms with Crippen molar-refractivity contribution >= 4 is 54.5 Å². The third kappa shape index (κ3) is 4.48. The van der Waals surface area contributed by atoms with Crippen molar-refractivity contribution in [2.24, 2.45) is 0 Å². The molecule has 228 valence electrons. The number of aromatic nitrogens is 4. The van der Waals surface area contributed by atoms with E-state index in [9.17, 15) is 0 Å². The molecule has 0 aliphatic heterocycles. The highest BCUT2D eigenvalue weighted by Crippen LogP contribution is 2.42. The minimum atomic E-state index is 0.559. The van der Waals surface area contributed by atoms with Gasteiger partial charge in [-0.3, -0.25) is 0 Å². The minimum absolute atomic E-state index is 0.559. The monoisotopic (exact) mass is 626 g/mol. The van der Waals surface area contributed by atoms with Crippen LogP contribution in [-0.2, 0) is 0 Å². The number of para-hydroxylation sites is 1. The SMILES string of the molecule is c1ccc(-c2nc(-c3cc4ccccc4c4ccccc34)nc(-c3ccc(-c4ccccc4)c4oc5cc6ccccc6nc5c34)n2)cc1. The van der Waals surface area contributed by atoms with Crippen LogP contribution in [0.4, 0.5) is 0 Å². The molecule has 0 unspecified atom stereocenters. The van der Waals surface area contributed by atoms with Gasteiger partial charge in [-0.2, -0.15) is 0 Å². The molecule has 0 N–H and O–H groups in total. The highest BCUT2D eigenvalue weighted by Gasteiger charge is 2.22. The summed E-state index contributed by atoms with van der Waals surface area (Å²) in [7, 11) is 0. The first-order chi connectivity index (χ1) is 24.3. The average Bonchev–Trinajstić information content (AvgIpc) is 3.55. The average molecular weight is 627 g/mol. The van der Waals surface area contributed by atoms with E-state index in [-0.39, 0.29) is 0 Å². The highest BCUT2D eigenvalue weighted by atomic mass is 16.3. The van der Waals surface area contributed by atoms with E-state index < -0.39 is 0 Å². The predicted octanol–water partition coefficient (Wildman–Crippen LogP) is 11.3. The van der Waals surface area contributed by atoms with Crippen molar-refractivity contribution in [2.75, 3.05) is 0 Å². The van der Waals surface area contributed by atoms with Crippen molar-refractivity contribution < 1.29 is 4.42 Å². The van der Waals surface area contributed by atoms with Crippen LogP contribution in [0.2, 0.25) is 0 Å². The second-order valence-electron chi connectivity index (χ2n) is 12.2. The number of hydrogen-bond acceptors (Lipinski definition) is 5. The van der Waals surface area contributed by atoms with E-state index >= 15 is 0 Å². The van der Waals surface area contributed by atoms with E-state index in [2.05, 4.69) is 91.0 Å². The Morgan fingerprint density at radius 1 is 0.388 bits per heavy atom. The number of benzene rings is 7. The first-order valence-electron chi connectivity index (χ1n) is 16.3. The Balaban J connectivity index is 1.31. The molecule has 3 aromatic heterocycles. The number of hydrogen-bond donors (Lipinski definition) is 0. The lowest BCUT2D eigenvalue weighted by molar-refractivity contribution is 0.670. The maximum absolute atomic E-state index is 6.71. The number of fused-ring (bicyclic) bond motifs is 7. The number of nitrogens with zero attached hydrogens (tertiary/aromatic N) is 4. The third-order valence-corrected chi connectivity index (χ3v) is 9.30. The van der Waals surface area contributed by atoms with Gasteiger partial charge in [0.2, 0.25) is 0 Å². The molecule has 10 aromatic rings. The summed E-state index contributed by atoms with van der Waals surface area (Å²) in [6.07, 6.45) is 0. The second kappa shape index (κ2) is 10.9. The molecule has 10 rings (SSSR count). The molecular weight excluding hydrogens is 601 g/mol. The zero-order valence-corrected chi connectivity index (χ0v) is 26.2. The maximum Gasteiger partial charge on any atom is 0.164 e. The van der Waals surface area contributed by atoms with Crippen molar-refractivity contribution in [1.29, 1.82) is 0 Å². The van der Waals surface area contributed by atoms with Crippen LogP contribution < -0.4 is 0 Å². The molecule has 0 saturated carbocycles. The minimum Gasteiger partial charge on any atom is -0.454 e. The Labute approximate surface area is 281 Å². The van der Waals surface area contributed by atoms with Gasteiger partial charge in [0.25, 0.3) is 0 Å². The lowest BCUT2D eigenvalue weighted by Gasteiger charge is -2.13. The van der Waals surface area contributed by atoms with Gasteiger partial charge in [-0.15, -0.1) is 0 Å². The molecule has 0 saturated heterocycles. The van der Waals surface area contributed by atoms with Gasteiger partial charge in [0.15, 0.2) is 23.1 Å². The molecule has 0 amide bonds. The Morgan fingerprint density at radius 2 is 0.980 bits per heavy atom. The number of pyridine rings is 1. The van der Waals surface area contributed by atoms with E-state index in [1.807, 2.05) is 66.7 Å². The molecule has 0 atom stereocenters. The van der Waals surface area contributed by atoms with Crippen LogP contribution >= 0.6 is 0 Å². The maximum atomic E-state index is 6.71. The van der Waals surface area contributed by atoms with Crippen LogP contribution in [0, 0.1) is 0 Å². The van der Waals surface area contributed by atoms with Crippen molar-refractivity contribution in [3.8, 4) is 45.3 Å². The van der Waals surface area contributed by atoms with E-state index in [0.29, 0.717) is 17.5 Å². The molecule has 0 aliphatic rings. The van der Waals surface area contributed by atoms with Gasteiger partial charge in [-0.25, -0.2) is 19.9 Å². The first kappa shape index (κ1) is 27.4. The Hall–Kier alpha value is -6.72. The lowest BCUT2D eigenvalue weighted by atomic mass is 9.96. The quantitative estimate of drug-likeness (QED) is 0.182. The Kier molecular flexibility index (Phi) is 6.11. The molecule has 0 radical (unpaired) electrons. The van der Waals surface area contributed by atoms with Gasteiger partial charge in [0.1, 0.15) is 11.1 Å². The van der Waals surface area contributed by atoms with Crippen LogP contribution in [0.25, 0.3) is 99.8 Å². The van der Waals surface area contributed by atoms with Crippen molar-refractivity contribution in [3.05, 3.63) is 158 Å². The fraction of sp³-hybridized carbons (Fsp3) is 0. The molecule has 3 heterocycles. The van der Waals surface area contributed by atoms with Crippen LogP contribution in [0.3, 0.4) is 0 Å². The van der Waals surface area contributed by atoms with Crippen molar-refractivity contribution in [1.82, 2.24) is 19.9 Å². The zero-order valence-electron chi connectivity index (χ0n) is 26.2. The Bertz CT molecular complexity index is 2880. The van der Waals surface area contributed by atoms with Crippen LogP contribution in [-0.4, -0.2) is 19.9 Å². The summed E-state index contributed by atoms with van der Waals surface area (Å²) in [5.41, 5.74) is 7.90. The van der Waals surface area contributed by atoms with Crippen molar-refractivity contribution in [2.45, 2.75) is 0 Å². The predicted molar refractivity (Wildman–Crippen MR) is 199 cm³/mol. The topological polar surface area (TPSA) is 64.7 Å². The summed E-state index contributed by atoms with van der Waals surface area (Å²) in [6, 6.07) is 53.9. The molecular formula is C44H26N4O. The summed E-state index contributed by atoms with van der Waals surface area (Å²) in [6.45, 7) is 0. The summed E-state index contributed by atoms with van der Waals surface area (Å²) in [5.74, 6) is 1.77. The summed E-state index contributed by atoms with van der Waals surface area (Å²) in [5, 5.41) is 6.47. The van der Waals surface area contributed by atoms with E-state index in [4.69, 9.17) is 24.4 Å². The zero-order chi connectivity index (χ0) is 32.3. The molecule has 5 nitrogen and oxygen atoms in total. The Morgan fingerprint density at radius 3 is 1.78 bits per heavy atom. The van der Waals surface area contributed by atoms with Crippen molar-refractivity contribution in [3.63, 3.8) is 0 Å². The fourth-order valence-electron chi connectivity index (χ4n) is 6.99. The van der Waals surface area contributed by atoms with Gasteiger partial charge < -0.3 is 4.42 Å². The molecule has 5 heteroatoms. The lowest BCUT2D eigenvalue weighted by Crippen LogP contribution is -2.01. The van der Waals surface area contributed by atoms with Gasteiger partial charge in [0.05, 0.1) is 10.9 Å². The van der Waals surface area contributed by atoms with Gasteiger partial charge in [0, 0.05) is 27.6 Å². The molecule has 49 heavy (non-hydrogen) atoms. The smallest absolute Gasteiger partial charge is 0.164 e. The molecule has 0 fully saturated rings. The van der Waals surface area contributed by atoms with Gasteiger partial charge >= 0.3 is 0 Å². The van der Waals surface area contributed by atoms with E-state index in [1.54, 1.807) is 0 Å². The molecule has 0 aliphatic carbocycles. The molecule has 7 aromatic carbocycles. The van der Waals surface area contributed by atoms with E-state index in [1.165, 1.54) is 5.39 Å². The van der Waals surface area contributed by atoms with Crippen LogP contribution in [0.15, 0.2) is 162 Å². The van der Waals surface area contributed by atoms with Crippen LogP contribution in [0.5, 0.6) is 0 Å². The first-order valence-corrected chi connectivity index (χ1v) is 16.3. The molecule has 0 spiro atoms. The number of furan rings is 1. The highest BCUT2D eigenvalue weighted by molar-refractivity contribution is 6.16. The summed E-state index contributed by atoms with van der Waals surface area (Å²) >= 11 is 0. The van der Waals surface area contributed by atoms with E-state index in [0.717, 1.165) is 76.9 Å². The fourth-order valence-corrected chi connectivity index (χ4v) is 6.99. The second-order valence-corrected chi connectivity index (χ2v) is 12.2. The van der Waals surface area contributed by atoms with Gasteiger partial charge in [-0.05, 0) is 57.4 Å². The van der Waals surface area contributed by atoms with Crippen LogP contribution in [0.1, 0.15) is 0 Å². The largest absolute Gasteiger partial charge is 0.454 e. The normalized spacial score (nSPS) is 11.7. The number of rotatable bonds is 4. The molecule has 0 bridgehead atoms. The third-order valence-electron chi connectivity index (χ3n) is 9.30. The van der Waals surface area contributed by atoms with Gasteiger partial charge in [-0.1, -0.05) is 127 Å². The summed E-state index contributed by atoms with van der Waals surface area (Å²) < 4.78 is 6.71. The summed E-state index contributed by atoms with van der Waals surface area (Å²) in [4.78, 5) is 20.7.